The lowest BCUT2D eigenvalue weighted by atomic mass is 9.85. The van der Waals surface area contributed by atoms with Crippen LogP contribution in [-0.2, 0) is 11.8 Å². The Morgan fingerprint density at radius 2 is 2.10 bits per heavy atom. The highest BCUT2D eigenvalue weighted by molar-refractivity contribution is 5.84. The van der Waals surface area contributed by atoms with Gasteiger partial charge in [0.05, 0.1) is 0 Å². The van der Waals surface area contributed by atoms with Crippen LogP contribution in [0.3, 0.4) is 0 Å². The van der Waals surface area contributed by atoms with E-state index in [2.05, 4.69) is 38.7 Å². The molecule has 0 saturated heterocycles. The summed E-state index contributed by atoms with van der Waals surface area (Å²) >= 11 is 0. The SMILES string of the molecule is CCc1ccc(Oc2nc(C(=O)O)co2)c(C(C)(C)C)c1. The number of nitrogens with zero attached hydrogens (tertiary/aromatic N) is 1. The molecule has 0 aliphatic carbocycles. The van der Waals surface area contributed by atoms with Crippen LogP contribution in [0.25, 0.3) is 0 Å². The zero-order valence-electron chi connectivity index (χ0n) is 12.6. The van der Waals surface area contributed by atoms with Crippen LogP contribution in [0.2, 0.25) is 0 Å². The number of rotatable bonds is 4. The van der Waals surface area contributed by atoms with E-state index in [1.807, 2.05) is 12.1 Å². The summed E-state index contributed by atoms with van der Waals surface area (Å²) in [4.78, 5) is 14.6. The van der Waals surface area contributed by atoms with Gasteiger partial charge in [-0.15, -0.1) is 0 Å². The van der Waals surface area contributed by atoms with Crippen molar-refractivity contribution in [2.45, 2.75) is 39.5 Å². The maximum absolute atomic E-state index is 10.8. The summed E-state index contributed by atoms with van der Waals surface area (Å²) in [6.07, 6.45) is 1.93. The molecule has 0 aliphatic heterocycles. The molecule has 2 rings (SSSR count). The molecule has 5 nitrogen and oxygen atoms in total. The third kappa shape index (κ3) is 3.42. The Hall–Kier alpha value is -2.30. The second-order valence-electron chi connectivity index (χ2n) is 5.84. The van der Waals surface area contributed by atoms with Crippen molar-refractivity contribution in [2.24, 2.45) is 0 Å². The minimum absolute atomic E-state index is 0.0675. The third-order valence-corrected chi connectivity index (χ3v) is 3.16. The topological polar surface area (TPSA) is 72.6 Å². The van der Waals surface area contributed by atoms with E-state index in [1.54, 1.807) is 0 Å². The summed E-state index contributed by atoms with van der Waals surface area (Å²) in [5, 5.41) is 8.84. The molecule has 1 N–H and O–H groups in total. The van der Waals surface area contributed by atoms with E-state index in [-0.39, 0.29) is 17.2 Å². The van der Waals surface area contributed by atoms with Gasteiger partial charge in [0.25, 0.3) is 0 Å². The summed E-state index contributed by atoms with van der Waals surface area (Å²) < 4.78 is 10.7. The fraction of sp³-hybridized carbons (Fsp3) is 0.375. The van der Waals surface area contributed by atoms with E-state index in [9.17, 15) is 4.79 Å². The van der Waals surface area contributed by atoms with Crippen LogP contribution in [0.5, 0.6) is 11.8 Å². The van der Waals surface area contributed by atoms with Crippen LogP contribution in [0.4, 0.5) is 0 Å². The van der Waals surface area contributed by atoms with Crippen molar-refractivity contribution in [1.82, 2.24) is 4.98 Å². The quantitative estimate of drug-likeness (QED) is 0.920. The molecule has 0 amide bonds. The molecule has 0 saturated carbocycles. The molecule has 5 heteroatoms. The van der Waals surface area contributed by atoms with Gasteiger partial charge in [0.15, 0.2) is 5.69 Å². The average molecular weight is 289 g/mol. The lowest BCUT2D eigenvalue weighted by molar-refractivity contribution is 0.0690. The number of benzene rings is 1. The van der Waals surface area contributed by atoms with Crippen molar-refractivity contribution in [3.8, 4) is 11.8 Å². The molecule has 21 heavy (non-hydrogen) atoms. The third-order valence-electron chi connectivity index (χ3n) is 3.16. The van der Waals surface area contributed by atoms with Crippen molar-refractivity contribution in [3.63, 3.8) is 0 Å². The first kappa shape index (κ1) is 15.1. The van der Waals surface area contributed by atoms with Crippen molar-refractivity contribution in [2.75, 3.05) is 0 Å². The standard InChI is InChI=1S/C16H19NO4/c1-5-10-6-7-13(11(8-10)16(2,3)4)21-15-17-12(9-20-15)14(18)19/h6-9H,5H2,1-4H3,(H,18,19). The fourth-order valence-corrected chi connectivity index (χ4v) is 1.97. The molecule has 0 unspecified atom stereocenters. The summed E-state index contributed by atoms with van der Waals surface area (Å²) in [6, 6.07) is 5.94. The molecule has 0 radical (unpaired) electrons. The molecular formula is C16H19NO4. The van der Waals surface area contributed by atoms with Gasteiger partial charge in [-0.2, -0.15) is 4.98 Å². The van der Waals surface area contributed by atoms with Gasteiger partial charge in [-0.05, 0) is 23.5 Å². The molecular weight excluding hydrogens is 270 g/mol. The number of aromatic nitrogens is 1. The number of ether oxygens (including phenoxy) is 1. The Balaban J connectivity index is 2.36. The van der Waals surface area contributed by atoms with Crippen LogP contribution in [0.15, 0.2) is 28.9 Å². The van der Waals surface area contributed by atoms with E-state index in [1.165, 1.54) is 5.56 Å². The van der Waals surface area contributed by atoms with Crippen LogP contribution >= 0.6 is 0 Å². The first-order chi connectivity index (χ1) is 9.81. The average Bonchev–Trinajstić information content (AvgIpc) is 2.86. The number of hydrogen-bond acceptors (Lipinski definition) is 4. The normalized spacial score (nSPS) is 11.4. The van der Waals surface area contributed by atoms with Crippen molar-refractivity contribution in [3.05, 3.63) is 41.3 Å². The second kappa shape index (κ2) is 5.60. The predicted octanol–water partition coefficient (Wildman–Crippen LogP) is 4.03. The summed E-state index contributed by atoms with van der Waals surface area (Å²) in [5.74, 6) is -0.524. The van der Waals surface area contributed by atoms with Crippen molar-refractivity contribution >= 4 is 5.97 Å². The molecule has 0 spiro atoms. The minimum Gasteiger partial charge on any atom is -0.476 e. The molecule has 1 heterocycles. The van der Waals surface area contributed by atoms with Crippen LogP contribution in [0.1, 0.15) is 49.3 Å². The van der Waals surface area contributed by atoms with Gasteiger partial charge in [0.1, 0.15) is 12.0 Å². The largest absolute Gasteiger partial charge is 0.476 e. The monoisotopic (exact) mass is 289 g/mol. The number of oxazole rings is 1. The molecule has 0 fully saturated rings. The Bertz CT molecular complexity index is 653. The maximum atomic E-state index is 10.8. The predicted molar refractivity (Wildman–Crippen MR) is 78.1 cm³/mol. The fourth-order valence-electron chi connectivity index (χ4n) is 1.97. The summed E-state index contributed by atoms with van der Waals surface area (Å²) in [5.41, 5.74) is 1.96. The molecule has 0 bridgehead atoms. The van der Waals surface area contributed by atoms with E-state index < -0.39 is 5.97 Å². The highest BCUT2D eigenvalue weighted by atomic mass is 16.6. The Morgan fingerprint density at radius 1 is 1.38 bits per heavy atom. The Labute approximate surface area is 123 Å². The Morgan fingerprint density at radius 3 is 2.62 bits per heavy atom. The number of carbonyl (C=O) groups is 1. The molecule has 112 valence electrons. The maximum Gasteiger partial charge on any atom is 0.399 e. The number of hydrogen-bond donors (Lipinski definition) is 1. The number of aromatic carboxylic acids is 1. The molecule has 0 atom stereocenters. The van der Waals surface area contributed by atoms with E-state index >= 15 is 0 Å². The van der Waals surface area contributed by atoms with Crippen LogP contribution in [0, 0.1) is 0 Å². The van der Waals surface area contributed by atoms with Crippen molar-refractivity contribution in [1.29, 1.82) is 0 Å². The molecule has 1 aromatic carbocycles. The molecule has 1 aromatic heterocycles. The van der Waals surface area contributed by atoms with Crippen LogP contribution < -0.4 is 4.74 Å². The van der Waals surface area contributed by atoms with Gasteiger partial charge < -0.3 is 14.3 Å². The minimum atomic E-state index is -1.15. The van der Waals surface area contributed by atoms with Gasteiger partial charge in [-0.3, -0.25) is 0 Å². The van der Waals surface area contributed by atoms with Gasteiger partial charge in [0.2, 0.25) is 0 Å². The summed E-state index contributed by atoms with van der Waals surface area (Å²) in [7, 11) is 0. The lowest BCUT2D eigenvalue weighted by Gasteiger charge is -2.22. The first-order valence-corrected chi connectivity index (χ1v) is 6.81. The Kier molecular flexibility index (Phi) is 4.02. The number of carboxylic acids is 1. The zero-order valence-corrected chi connectivity index (χ0v) is 12.6. The zero-order chi connectivity index (χ0) is 15.6. The molecule has 0 aliphatic rings. The highest BCUT2D eigenvalue weighted by Gasteiger charge is 2.21. The van der Waals surface area contributed by atoms with E-state index in [4.69, 9.17) is 14.3 Å². The van der Waals surface area contributed by atoms with E-state index in [0.29, 0.717) is 5.75 Å². The summed E-state index contributed by atoms with van der Waals surface area (Å²) in [6.45, 7) is 8.36. The first-order valence-electron chi connectivity index (χ1n) is 6.81. The van der Waals surface area contributed by atoms with Gasteiger partial charge >= 0.3 is 12.0 Å². The number of carboxylic acid groups (broad SMARTS) is 1. The lowest BCUT2D eigenvalue weighted by Crippen LogP contribution is -2.13. The molecule has 2 aromatic rings. The number of aryl methyl sites for hydroxylation is 1. The van der Waals surface area contributed by atoms with Gasteiger partial charge in [-0.1, -0.05) is 39.8 Å². The van der Waals surface area contributed by atoms with Crippen LogP contribution in [-0.4, -0.2) is 16.1 Å². The second-order valence-corrected chi connectivity index (χ2v) is 5.84. The van der Waals surface area contributed by atoms with E-state index in [0.717, 1.165) is 18.2 Å². The highest BCUT2D eigenvalue weighted by Crippen LogP contribution is 2.34. The van der Waals surface area contributed by atoms with Crippen molar-refractivity contribution < 1.29 is 19.1 Å². The van der Waals surface area contributed by atoms with Gasteiger partial charge in [-0.25, -0.2) is 4.79 Å². The van der Waals surface area contributed by atoms with Gasteiger partial charge in [0, 0.05) is 5.56 Å². The smallest absolute Gasteiger partial charge is 0.399 e.